The second kappa shape index (κ2) is 7.77. The minimum Gasteiger partial charge on any atom is -0.339 e. The van der Waals surface area contributed by atoms with E-state index in [1.54, 1.807) is 9.80 Å². The Bertz CT molecular complexity index is 582. The standard InChI is InChI=1S/C17H22ClFN2O2/c1-3-12(4-2)16(22)20-7-9-21(10-8-20)17(23)14-6-5-13(18)11-15(14)19/h5-6,11-12H,3-4,7-10H2,1-2H3. The molecule has 1 saturated heterocycles. The van der Waals surface area contributed by atoms with E-state index in [0.29, 0.717) is 26.2 Å². The van der Waals surface area contributed by atoms with Crippen molar-refractivity contribution in [3.63, 3.8) is 0 Å². The average Bonchev–Trinajstić information content (AvgIpc) is 2.55. The Balaban J connectivity index is 1.98. The molecule has 0 bridgehead atoms. The molecule has 0 atom stereocenters. The lowest BCUT2D eigenvalue weighted by molar-refractivity contribution is -0.137. The third kappa shape index (κ3) is 4.02. The van der Waals surface area contributed by atoms with Gasteiger partial charge in [0.1, 0.15) is 5.82 Å². The molecule has 23 heavy (non-hydrogen) atoms. The van der Waals surface area contributed by atoms with E-state index in [1.807, 2.05) is 13.8 Å². The van der Waals surface area contributed by atoms with Crippen molar-refractivity contribution in [1.82, 2.24) is 9.80 Å². The van der Waals surface area contributed by atoms with Crippen molar-refractivity contribution in [2.45, 2.75) is 26.7 Å². The predicted molar refractivity (Wildman–Crippen MR) is 88.0 cm³/mol. The number of benzene rings is 1. The molecule has 0 saturated carbocycles. The SMILES string of the molecule is CCC(CC)C(=O)N1CCN(C(=O)c2ccc(Cl)cc2F)CC1. The molecule has 0 spiro atoms. The molecule has 2 rings (SSSR count). The summed E-state index contributed by atoms with van der Waals surface area (Å²) in [5.41, 5.74) is 0.0224. The van der Waals surface area contributed by atoms with Gasteiger partial charge >= 0.3 is 0 Å². The molecule has 4 nitrogen and oxygen atoms in total. The first-order valence-corrected chi connectivity index (χ1v) is 8.38. The molecule has 1 aliphatic rings. The Labute approximate surface area is 141 Å². The first kappa shape index (κ1) is 17.7. The number of nitrogens with zero attached hydrogens (tertiary/aromatic N) is 2. The largest absolute Gasteiger partial charge is 0.339 e. The maximum Gasteiger partial charge on any atom is 0.256 e. The molecule has 1 aromatic rings. The molecule has 1 fully saturated rings. The highest BCUT2D eigenvalue weighted by Crippen LogP contribution is 2.18. The van der Waals surface area contributed by atoms with E-state index in [2.05, 4.69) is 0 Å². The number of halogens is 2. The Hall–Kier alpha value is -1.62. The quantitative estimate of drug-likeness (QED) is 0.844. The maximum absolute atomic E-state index is 13.9. The number of amides is 2. The van der Waals surface area contributed by atoms with E-state index in [4.69, 9.17) is 11.6 Å². The lowest BCUT2D eigenvalue weighted by atomic mass is 10.0. The second-order valence-corrected chi connectivity index (χ2v) is 6.19. The molecule has 0 aromatic heterocycles. The first-order chi connectivity index (χ1) is 11.0. The van der Waals surface area contributed by atoms with Crippen LogP contribution in [0.5, 0.6) is 0 Å². The van der Waals surface area contributed by atoms with E-state index in [0.717, 1.165) is 18.9 Å². The Morgan fingerprint density at radius 3 is 2.22 bits per heavy atom. The zero-order valence-electron chi connectivity index (χ0n) is 13.5. The number of piperazine rings is 1. The van der Waals surface area contributed by atoms with Gasteiger partial charge < -0.3 is 9.80 Å². The molecule has 0 aliphatic carbocycles. The number of carbonyl (C=O) groups excluding carboxylic acids is 2. The van der Waals surface area contributed by atoms with Gasteiger partial charge in [-0.1, -0.05) is 25.4 Å². The zero-order valence-corrected chi connectivity index (χ0v) is 14.3. The fourth-order valence-corrected chi connectivity index (χ4v) is 3.02. The normalized spacial score (nSPS) is 15.2. The van der Waals surface area contributed by atoms with Gasteiger partial charge in [0.05, 0.1) is 5.56 Å². The van der Waals surface area contributed by atoms with Crippen LogP contribution in [0.4, 0.5) is 4.39 Å². The van der Waals surface area contributed by atoms with Gasteiger partial charge in [0.2, 0.25) is 5.91 Å². The van der Waals surface area contributed by atoms with Crippen molar-refractivity contribution in [2.75, 3.05) is 26.2 Å². The van der Waals surface area contributed by atoms with Crippen LogP contribution in [0.2, 0.25) is 5.02 Å². The van der Waals surface area contributed by atoms with Gasteiger partial charge in [0, 0.05) is 37.1 Å². The van der Waals surface area contributed by atoms with Gasteiger partial charge in [-0.25, -0.2) is 4.39 Å². The average molecular weight is 341 g/mol. The van der Waals surface area contributed by atoms with Crippen LogP contribution >= 0.6 is 11.6 Å². The molecule has 1 aliphatic heterocycles. The van der Waals surface area contributed by atoms with Crippen LogP contribution in [0.15, 0.2) is 18.2 Å². The van der Waals surface area contributed by atoms with Crippen LogP contribution in [0, 0.1) is 11.7 Å². The Morgan fingerprint density at radius 2 is 1.70 bits per heavy atom. The number of carbonyl (C=O) groups is 2. The number of hydrogen-bond acceptors (Lipinski definition) is 2. The molecule has 2 amide bonds. The highest BCUT2D eigenvalue weighted by molar-refractivity contribution is 6.30. The first-order valence-electron chi connectivity index (χ1n) is 8.01. The molecule has 0 N–H and O–H groups in total. The van der Waals surface area contributed by atoms with Gasteiger partial charge in [-0.15, -0.1) is 0 Å². The summed E-state index contributed by atoms with van der Waals surface area (Å²) in [5.74, 6) is -0.766. The van der Waals surface area contributed by atoms with Crippen LogP contribution in [-0.2, 0) is 4.79 Å². The van der Waals surface area contributed by atoms with Crippen LogP contribution in [-0.4, -0.2) is 47.8 Å². The van der Waals surface area contributed by atoms with Gasteiger partial charge in [-0.2, -0.15) is 0 Å². The molecule has 0 radical (unpaired) electrons. The van der Waals surface area contributed by atoms with E-state index >= 15 is 0 Å². The van der Waals surface area contributed by atoms with Gasteiger partial charge in [-0.3, -0.25) is 9.59 Å². The second-order valence-electron chi connectivity index (χ2n) is 5.76. The Morgan fingerprint density at radius 1 is 1.13 bits per heavy atom. The number of rotatable bonds is 4. The summed E-state index contributed by atoms with van der Waals surface area (Å²) >= 11 is 5.71. The Kier molecular flexibility index (Phi) is 5.99. The summed E-state index contributed by atoms with van der Waals surface area (Å²) in [6.07, 6.45) is 1.65. The highest BCUT2D eigenvalue weighted by atomic mass is 35.5. The van der Waals surface area contributed by atoms with Crippen LogP contribution in [0.25, 0.3) is 0 Å². The lowest BCUT2D eigenvalue weighted by Gasteiger charge is -2.36. The molecule has 0 unspecified atom stereocenters. The van der Waals surface area contributed by atoms with Crippen LogP contribution < -0.4 is 0 Å². The van der Waals surface area contributed by atoms with Crippen LogP contribution in [0.3, 0.4) is 0 Å². The van der Waals surface area contributed by atoms with E-state index in [9.17, 15) is 14.0 Å². The summed E-state index contributed by atoms with van der Waals surface area (Å²) in [5, 5.41) is 0.264. The summed E-state index contributed by atoms with van der Waals surface area (Å²) in [6, 6.07) is 4.05. The summed E-state index contributed by atoms with van der Waals surface area (Å²) in [7, 11) is 0. The molecule has 126 valence electrons. The topological polar surface area (TPSA) is 40.6 Å². The van der Waals surface area contributed by atoms with E-state index in [1.165, 1.54) is 12.1 Å². The summed E-state index contributed by atoms with van der Waals surface area (Å²) < 4.78 is 13.9. The van der Waals surface area contributed by atoms with Crippen molar-refractivity contribution in [3.8, 4) is 0 Å². The monoisotopic (exact) mass is 340 g/mol. The molecular formula is C17H22ClFN2O2. The molecule has 6 heteroatoms. The highest BCUT2D eigenvalue weighted by Gasteiger charge is 2.28. The van der Waals surface area contributed by atoms with Crippen molar-refractivity contribution in [1.29, 1.82) is 0 Å². The fraction of sp³-hybridized carbons (Fsp3) is 0.529. The van der Waals surface area contributed by atoms with Crippen molar-refractivity contribution in [2.24, 2.45) is 5.92 Å². The zero-order chi connectivity index (χ0) is 17.0. The van der Waals surface area contributed by atoms with Crippen molar-refractivity contribution >= 4 is 23.4 Å². The third-order valence-corrected chi connectivity index (χ3v) is 4.61. The number of hydrogen-bond donors (Lipinski definition) is 0. The molecular weight excluding hydrogens is 319 g/mol. The lowest BCUT2D eigenvalue weighted by Crippen LogP contribution is -2.52. The smallest absolute Gasteiger partial charge is 0.256 e. The van der Waals surface area contributed by atoms with Crippen molar-refractivity contribution in [3.05, 3.63) is 34.6 Å². The van der Waals surface area contributed by atoms with Crippen LogP contribution in [0.1, 0.15) is 37.0 Å². The summed E-state index contributed by atoms with van der Waals surface area (Å²) in [6.45, 7) is 5.86. The van der Waals surface area contributed by atoms with Gasteiger partial charge in [-0.05, 0) is 31.0 Å². The molecule has 1 aromatic carbocycles. The van der Waals surface area contributed by atoms with Gasteiger partial charge in [0.15, 0.2) is 0 Å². The summed E-state index contributed by atoms with van der Waals surface area (Å²) in [4.78, 5) is 28.1. The molecule has 1 heterocycles. The van der Waals surface area contributed by atoms with Gasteiger partial charge in [0.25, 0.3) is 5.91 Å². The predicted octanol–water partition coefficient (Wildman–Crippen LogP) is 3.20. The minimum absolute atomic E-state index is 0.0224. The fourth-order valence-electron chi connectivity index (χ4n) is 2.86. The van der Waals surface area contributed by atoms with E-state index < -0.39 is 5.82 Å². The van der Waals surface area contributed by atoms with E-state index in [-0.39, 0.29) is 28.3 Å². The van der Waals surface area contributed by atoms with Crippen molar-refractivity contribution < 1.29 is 14.0 Å². The maximum atomic E-state index is 13.9. The minimum atomic E-state index is -0.613. The third-order valence-electron chi connectivity index (χ3n) is 4.37.